The SMILES string of the molecule is CCCCCCCCCCCCCCCCCCC(=O)OC[C@H](COP(=O)(O)OC[C@@H](O)COP(=O)(O)OC[C@@H](COC(=O)CCCCCCCCCCCC)OC(=O)CCCCCCCCCCCCCCCCC)OC(=O)CCCCCCCCCCCCCCCCC(C)C. The van der Waals surface area contributed by atoms with E-state index in [1.54, 1.807) is 0 Å². The Morgan fingerprint density at radius 1 is 0.276 bits per heavy atom. The summed E-state index contributed by atoms with van der Waals surface area (Å²) >= 11 is 0. The van der Waals surface area contributed by atoms with Gasteiger partial charge in [0.2, 0.25) is 0 Å². The fourth-order valence-corrected chi connectivity index (χ4v) is 13.8. The minimum atomic E-state index is -4.96. The first-order chi connectivity index (χ1) is 47.5. The third-order valence-electron chi connectivity index (χ3n) is 18.5. The van der Waals surface area contributed by atoms with E-state index in [0.717, 1.165) is 95.8 Å². The Morgan fingerprint density at radius 2 is 0.469 bits per heavy atom. The first-order valence-electron chi connectivity index (χ1n) is 41.1. The minimum absolute atomic E-state index is 0.108. The molecule has 17 nitrogen and oxygen atoms in total. The van der Waals surface area contributed by atoms with Crippen molar-refractivity contribution < 1.29 is 80.2 Å². The third kappa shape index (κ3) is 72.4. The zero-order valence-electron chi connectivity index (χ0n) is 63.9. The lowest BCUT2D eigenvalue weighted by molar-refractivity contribution is -0.161. The van der Waals surface area contributed by atoms with Crippen molar-refractivity contribution in [1.29, 1.82) is 0 Å². The van der Waals surface area contributed by atoms with Crippen LogP contribution in [0.4, 0.5) is 0 Å². The molecular weight excluding hydrogens is 1280 g/mol. The van der Waals surface area contributed by atoms with Crippen molar-refractivity contribution >= 4 is 39.5 Å². The Kier molecular flexibility index (Phi) is 70.6. The quantitative estimate of drug-likeness (QED) is 0.0222. The van der Waals surface area contributed by atoms with Gasteiger partial charge < -0.3 is 33.8 Å². The van der Waals surface area contributed by atoms with Gasteiger partial charge in [-0.2, -0.15) is 0 Å². The highest BCUT2D eigenvalue weighted by atomic mass is 31.2. The van der Waals surface area contributed by atoms with Crippen molar-refractivity contribution in [1.82, 2.24) is 0 Å². The summed E-state index contributed by atoms with van der Waals surface area (Å²) in [7, 11) is -9.91. The molecule has 0 saturated carbocycles. The Morgan fingerprint density at radius 3 is 0.694 bits per heavy atom. The second-order valence-electron chi connectivity index (χ2n) is 28.9. The highest BCUT2D eigenvalue weighted by Gasteiger charge is 2.30. The van der Waals surface area contributed by atoms with Crippen LogP contribution in [0, 0.1) is 5.92 Å². The number of phosphoric ester groups is 2. The minimum Gasteiger partial charge on any atom is -0.462 e. The summed E-state index contributed by atoms with van der Waals surface area (Å²) < 4.78 is 68.7. The summed E-state index contributed by atoms with van der Waals surface area (Å²) in [6.07, 6.45) is 62.3. The molecule has 0 spiro atoms. The van der Waals surface area contributed by atoms with Crippen LogP contribution in [0.25, 0.3) is 0 Å². The van der Waals surface area contributed by atoms with Crippen LogP contribution in [0.15, 0.2) is 0 Å². The number of phosphoric acid groups is 2. The van der Waals surface area contributed by atoms with E-state index in [-0.39, 0.29) is 25.7 Å². The van der Waals surface area contributed by atoms with Gasteiger partial charge in [-0.05, 0) is 31.6 Å². The molecule has 5 atom stereocenters. The van der Waals surface area contributed by atoms with Gasteiger partial charge >= 0.3 is 39.5 Å². The molecule has 0 rings (SSSR count). The van der Waals surface area contributed by atoms with Crippen LogP contribution in [0.1, 0.15) is 420 Å². The van der Waals surface area contributed by atoms with E-state index in [9.17, 15) is 43.2 Å². The molecule has 2 unspecified atom stereocenters. The number of aliphatic hydroxyl groups is 1. The summed E-state index contributed by atoms with van der Waals surface area (Å²) in [5.41, 5.74) is 0. The molecule has 0 saturated heterocycles. The fourth-order valence-electron chi connectivity index (χ4n) is 12.2. The molecule has 98 heavy (non-hydrogen) atoms. The smallest absolute Gasteiger partial charge is 0.462 e. The number of esters is 4. The van der Waals surface area contributed by atoms with Crippen LogP contribution in [-0.4, -0.2) is 96.7 Å². The van der Waals surface area contributed by atoms with Gasteiger partial charge in [-0.3, -0.25) is 37.3 Å². The zero-order valence-corrected chi connectivity index (χ0v) is 65.7. The van der Waals surface area contributed by atoms with Gasteiger partial charge in [0, 0.05) is 25.7 Å². The molecule has 0 bridgehead atoms. The molecular formula is C79H154O17P2. The maximum atomic E-state index is 13.1. The van der Waals surface area contributed by atoms with Crippen molar-refractivity contribution in [3.63, 3.8) is 0 Å². The highest BCUT2D eigenvalue weighted by Crippen LogP contribution is 2.45. The van der Waals surface area contributed by atoms with Crippen LogP contribution in [0.3, 0.4) is 0 Å². The van der Waals surface area contributed by atoms with Crippen molar-refractivity contribution in [3.05, 3.63) is 0 Å². The monoisotopic (exact) mass is 1440 g/mol. The van der Waals surface area contributed by atoms with Crippen LogP contribution in [-0.2, 0) is 65.4 Å². The number of carbonyl (C=O) groups is 4. The molecule has 0 aromatic heterocycles. The fraction of sp³-hybridized carbons (Fsp3) is 0.949. The number of hydrogen-bond acceptors (Lipinski definition) is 15. The van der Waals surface area contributed by atoms with Crippen molar-refractivity contribution in [2.24, 2.45) is 5.92 Å². The molecule has 0 aliphatic rings. The van der Waals surface area contributed by atoms with Crippen molar-refractivity contribution in [2.75, 3.05) is 39.6 Å². The molecule has 0 aromatic rings. The Balaban J connectivity index is 5.24. The summed E-state index contributed by atoms with van der Waals surface area (Å²) in [6.45, 7) is 7.34. The van der Waals surface area contributed by atoms with E-state index >= 15 is 0 Å². The normalized spacial score (nSPS) is 13.9. The van der Waals surface area contributed by atoms with Gasteiger partial charge in [-0.1, -0.05) is 369 Å². The maximum Gasteiger partial charge on any atom is 0.472 e. The number of rotatable bonds is 79. The van der Waals surface area contributed by atoms with E-state index in [0.29, 0.717) is 25.7 Å². The summed E-state index contributed by atoms with van der Waals surface area (Å²) in [6, 6.07) is 0. The first kappa shape index (κ1) is 96.1. The predicted octanol–water partition coefficient (Wildman–Crippen LogP) is 23.6. The lowest BCUT2D eigenvalue weighted by Gasteiger charge is -2.21. The molecule has 0 amide bonds. The van der Waals surface area contributed by atoms with Gasteiger partial charge in [0.15, 0.2) is 12.2 Å². The van der Waals surface area contributed by atoms with Crippen molar-refractivity contribution in [2.45, 2.75) is 438 Å². The molecule has 0 radical (unpaired) electrons. The van der Waals surface area contributed by atoms with E-state index in [2.05, 4.69) is 34.6 Å². The van der Waals surface area contributed by atoms with Gasteiger partial charge in [-0.25, -0.2) is 9.13 Å². The molecule has 3 N–H and O–H groups in total. The van der Waals surface area contributed by atoms with E-state index in [4.69, 9.17) is 37.0 Å². The summed E-state index contributed by atoms with van der Waals surface area (Å²) in [4.78, 5) is 72.9. The van der Waals surface area contributed by atoms with Crippen LogP contribution in [0.2, 0.25) is 0 Å². The lowest BCUT2D eigenvalue weighted by Crippen LogP contribution is -2.30. The highest BCUT2D eigenvalue weighted by molar-refractivity contribution is 7.47. The Bertz CT molecular complexity index is 1870. The third-order valence-corrected chi connectivity index (χ3v) is 20.4. The van der Waals surface area contributed by atoms with E-state index < -0.39 is 97.5 Å². The predicted molar refractivity (Wildman–Crippen MR) is 400 cm³/mol. The zero-order chi connectivity index (χ0) is 71.9. The van der Waals surface area contributed by atoms with Crippen LogP contribution in [0.5, 0.6) is 0 Å². The standard InChI is InChI=1S/C79H154O17P2/c1-6-9-12-15-18-21-24-26-28-30-34-38-43-48-53-58-63-77(82)90-69-75(96-79(84)65-60-55-50-45-40-36-32-31-33-37-41-46-51-56-61-72(4)5)71-94-98(87,88)92-67-73(80)66-91-97(85,86)93-70-74(68-89-76(81)62-57-52-47-42-23-20-17-14-11-8-3)95-78(83)64-59-54-49-44-39-35-29-27-25-22-19-16-13-10-7-2/h72-75,80H,6-71H2,1-5H3,(H,85,86)(H,87,88)/t73-,74+,75+/m0/s1. The average molecular weight is 1440 g/mol. The second-order valence-corrected chi connectivity index (χ2v) is 31.8. The van der Waals surface area contributed by atoms with Crippen molar-refractivity contribution in [3.8, 4) is 0 Å². The van der Waals surface area contributed by atoms with Crippen LogP contribution < -0.4 is 0 Å². The molecule has 0 aliphatic heterocycles. The number of hydrogen-bond donors (Lipinski definition) is 3. The molecule has 0 heterocycles. The number of carbonyl (C=O) groups excluding carboxylic acids is 4. The number of aliphatic hydroxyl groups excluding tert-OH is 1. The molecule has 0 fully saturated rings. The maximum absolute atomic E-state index is 13.1. The first-order valence-corrected chi connectivity index (χ1v) is 44.1. The summed E-state index contributed by atoms with van der Waals surface area (Å²) in [5.74, 6) is -1.31. The number of ether oxygens (including phenoxy) is 4. The van der Waals surface area contributed by atoms with Gasteiger partial charge in [0.25, 0.3) is 0 Å². The second kappa shape index (κ2) is 72.0. The molecule has 582 valence electrons. The van der Waals surface area contributed by atoms with E-state index in [1.807, 2.05) is 0 Å². The molecule has 0 aliphatic carbocycles. The largest absolute Gasteiger partial charge is 0.472 e. The Labute approximate surface area is 600 Å². The van der Waals surface area contributed by atoms with Gasteiger partial charge in [0.1, 0.15) is 19.3 Å². The van der Waals surface area contributed by atoms with Gasteiger partial charge in [0.05, 0.1) is 26.4 Å². The number of unbranched alkanes of at least 4 members (excludes halogenated alkanes) is 51. The van der Waals surface area contributed by atoms with Crippen LogP contribution >= 0.6 is 15.6 Å². The lowest BCUT2D eigenvalue weighted by atomic mass is 10.0. The van der Waals surface area contributed by atoms with Gasteiger partial charge in [-0.15, -0.1) is 0 Å². The molecule has 19 heteroatoms. The van der Waals surface area contributed by atoms with E-state index in [1.165, 1.54) is 244 Å². The molecule has 0 aromatic carbocycles. The average Bonchev–Trinajstić information content (AvgIpc) is 1.01. The topological polar surface area (TPSA) is 237 Å². The summed E-state index contributed by atoms with van der Waals surface area (Å²) in [5, 5.41) is 10.6. The Hall–Kier alpha value is -1.94.